The summed E-state index contributed by atoms with van der Waals surface area (Å²) in [6, 6.07) is 2.36. The summed E-state index contributed by atoms with van der Waals surface area (Å²) in [6.07, 6.45) is 0. The Hall–Kier alpha value is -1.47. The number of amides is 1. The second-order valence-electron chi connectivity index (χ2n) is 3.90. The van der Waals surface area contributed by atoms with Crippen molar-refractivity contribution in [3.8, 4) is 0 Å². The van der Waals surface area contributed by atoms with Crippen molar-refractivity contribution in [3.05, 3.63) is 27.1 Å². The molecular weight excluding hydrogens is 244 g/mol. The number of nitro groups is 1. The van der Waals surface area contributed by atoms with Gasteiger partial charge in [0.25, 0.3) is 5.91 Å². The zero-order valence-corrected chi connectivity index (χ0v) is 10.4. The molecule has 17 heavy (non-hydrogen) atoms. The molecule has 2 N–H and O–H groups in total. The van der Waals surface area contributed by atoms with Gasteiger partial charge in [-0.05, 0) is 12.0 Å². The highest BCUT2D eigenvalue weighted by Gasteiger charge is 2.19. The van der Waals surface area contributed by atoms with Gasteiger partial charge in [-0.15, -0.1) is 0 Å². The summed E-state index contributed by atoms with van der Waals surface area (Å²) in [5.74, 6) is -0.297. The highest BCUT2D eigenvalue weighted by Crippen LogP contribution is 2.23. The number of carbonyl (C=O) groups excluding carboxylic acids is 1. The van der Waals surface area contributed by atoms with Crippen molar-refractivity contribution in [2.24, 2.45) is 5.92 Å². The second-order valence-corrected chi connectivity index (χ2v) is 4.96. The Balaban J connectivity index is 2.72. The SMILES string of the molecule is CC(C)[C@@H](CO)NC(=O)c1ccc([N+](=O)[O-])s1. The van der Waals surface area contributed by atoms with Crippen molar-refractivity contribution >= 4 is 22.2 Å². The Labute approximate surface area is 102 Å². The van der Waals surface area contributed by atoms with Gasteiger partial charge in [-0.2, -0.15) is 0 Å². The van der Waals surface area contributed by atoms with E-state index in [9.17, 15) is 14.9 Å². The third-order valence-corrected chi connectivity index (χ3v) is 3.35. The average Bonchev–Trinajstić information content (AvgIpc) is 2.74. The third-order valence-electron chi connectivity index (χ3n) is 2.31. The molecule has 0 radical (unpaired) electrons. The van der Waals surface area contributed by atoms with Crippen molar-refractivity contribution < 1.29 is 14.8 Å². The molecule has 0 aliphatic carbocycles. The van der Waals surface area contributed by atoms with E-state index in [-0.39, 0.29) is 28.4 Å². The summed E-state index contributed by atoms with van der Waals surface area (Å²) < 4.78 is 0. The Kier molecular flexibility index (Phi) is 4.59. The Bertz CT molecular complexity index is 416. The van der Waals surface area contributed by atoms with E-state index in [0.717, 1.165) is 11.3 Å². The van der Waals surface area contributed by atoms with Crippen LogP contribution in [-0.2, 0) is 0 Å². The van der Waals surface area contributed by atoms with Gasteiger partial charge in [0.05, 0.1) is 22.4 Å². The fourth-order valence-electron chi connectivity index (χ4n) is 1.21. The topological polar surface area (TPSA) is 92.5 Å². The van der Waals surface area contributed by atoms with E-state index in [4.69, 9.17) is 5.11 Å². The quantitative estimate of drug-likeness (QED) is 0.616. The molecule has 0 unspecified atom stereocenters. The molecular formula is C10H14N2O4S. The van der Waals surface area contributed by atoms with Crippen molar-refractivity contribution in [1.82, 2.24) is 5.32 Å². The molecule has 1 heterocycles. The minimum atomic E-state index is -0.534. The van der Waals surface area contributed by atoms with E-state index in [1.165, 1.54) is 12.1 Å². The van der Waals surface area contributed by atoms with Crippen LogP contribution < -0.4 is 5.32 Å². The van der Waals surface area contributed by atoms with Gasteiger partial charge >= 0.3 is 5.00 Å². The molecule has 6 nitrogen and oxygen atoms in total. The molecule has 0 aliphatic rings. The normalized spacial score (nSPS) is 12.5. The average molecular weight is 258 g/mol. The van der Waals surface area contributed by atoms with Gasteiger partial charge in [0.2, 0.25) is 0 Å². The number of hydrogen-bond donors (Lipinski definition) is 2. The molecule has 1 aromatic heterocycles. The zero-order chi connectivity index (χ0) is 13.0. The van der Waals surface area contributed by atoms with Gasteiger partial charge in [0.15, 0.2) is 0 Å². The smallest absolute Gasteiger partial charge is 0.324 e. The van der Waals surface area contributed by atoms with Crippen LogP contribution in [-0.4, -0.2) is 28.6 Å². The molecule has 0 bridgehead atoms. The standard InChI is InChI=1S/C10H14N2O4S/c1-6(2)7(5-13)11-10(14)8-3-4-9(17-8)12(15)16/h3-4,6-7,13H,5H2,1-2H3,(H,11,14)/t7-/m1/s1. The minimum Gasteiger partial charge on any atom is -0.394 e. The molecule has 0 saturated carbocycles. The first-order chi connectivity index (χ1) is 7.95. The minimum absolute atomic E-state index is 0.0692. The Morgan fingerprint density at radius 2 is 2.24 bits per heavy atom. The van der Waals surface area contributed by atoms with Crippen LogP contribution in [0.1, 0.15) is 23.5 Å². The van der Waals surface area contributed by atoms with E-state index in [2.05, 4.69) is 5.32 Å². The molecule has 0 fully saturated rings. The summed E-state index contributed by atoms with van der Waals surface area (Å²) in [5, 5.41) is 22.1. The monoisotopic (exact) mass is 258 g/mol. The summed E-state index contributed by atoms with van der Waals surface area (Å²) in [5.41, 5.74) is 0. The van der Waals surface area contributed by atoms with Crippen LogP contribution in [0, 0.1) is 16.0 Å². The Morgan fingerprint density at radius 1 is 1.59 bits per heavy atom. The van der Waals surface area contributed by atoms with Crippen molar-refractivity contribution in [2.45, 2.75) is 19.9 Å². The van der Waals surface area contributed by atoms with Crippen LogP contribution in [0.15, 0.2) is 12.1 Å². The van der Waals surface area contributed by atoms with Gasteiger partial charge in [-0.1, -0.05) is 25.2 Å². The maximum absolute atomic E-state index is 11.7. The largest absolute Gasteiger partial charge is 0.394 e. The lowest BCUT2D eigenvalue weighted by Gasteiger charge is -2.19. The molecule has 0 spiro atoms. The molecule has 1 amide bonds. The molecule has 0 saturated heterocycles. The summed E-state index contributed by atoms with van der Waals surface area (Å²) in [4.78, 5) is 21.9. The lowest BCUT2D eigenvalue weighted by molar-refractivity contribution is -0.380. The van der Waals surface area contributed by atoms with Crippen molar-refractivity contribution in [1.29, 1.82) is 0 Å². The molecule has 94 valence electrons. The van der Waals surface area contributed by atoms with E-state index in [1.54, 1.807) is 0 Å². The predicted octanol–water partition coefficient (Wildman–Crippen LogP) is 1.40. The highest BCUT2D eigenvalue weighted by atomic mass is 32.1. The first kappa shape index (κ1) is 13.6. The van der Waals surface area contributed by atoms with Gasteiger partial charge in [0, 0.05) is 6.07 Å². The van der Waals surface area contributed by atoms with Gasteiger partial charge in [-0.3, -0.25) is 14.9 Å². The molecule has 1 atom stereocenters. The first-order valence-electron chi connectivity index (χ1n) is 5.11. The number of aliphatic hydroxyl groups excluding tert-OH is 1. The van der Waals surface area contributed by atoms with Crippen molar-refractivity contribution in [3.63, 3.8) is 0 Å². The first-order valence-corrected chi connectivity index (χ1v) is 5.93. The highest BCUT2D eigenvalue weighted by molar-refractivity contribution is 7.17. The van der Waals surface area contributed by atoms with Crippen LogP contribution in [0.25, 0.3) is 0 Å². The van der Waals surface area contributed by atoms with Crippen molar-refractivity contribution in [2.75, 3.05) is 6.61 Å². The maximum atomic E-state index is 11.7. The number of hydrogen-bond acceptors (Lipinski definition) is 5. The number of nitrogens with one attached hydrogen (secondary N) is 1. The fraction of sp³-hybridized carbons (Fsp3) is 0.500. The summed E-state index contributed by atoms with van der Waals surface area (Å²) in [7, 11) is 0. The van der Waals surface area contributed by atoms with E-state index in [1.807, 2.05) is 13.8 Å². The third kappa shape index (κ3) is 3.50. The Morgan fingerprint density at radius 3 is 2.65 bits per heavy atom. The van der Waals surface area contributed by atoms with E-state index < -0.39 is 10.8 Å². The molecule has 0 aliphatic heterocycles. The van der Waals surface area contributed by atoms with Gasteiger partial charge < -0.3 is 10.4 Å². The number of rotatable bonds is 5. The van der Waals surface area contributed by atoms with Crippen LogP contribution in [0.4, 0.5) is 5.00 Å². The van der Waals surface area contributed by atoms with Crippen LogP contribution in [0.3, 0.4) is 0 Å². The van der Waals surface area contributed by atoms with Crippen LogP contribution in [0.2, 0.25) is 0 Å². The molecule has 0 aromatic carbocycles. The van der Waals surface area contributed by atoms with E-state index in [0.29, 0.717) is 0 Å². The zero-order valence-electron chi connectivity index (χ0n) is 9.54. The van der Waals surface area contributed by atoms with Gasteiger partial charge in [0.1, 0.15) is 0 Å². The number of carbonyl (C=O) groups is 1. The number of thiophene rings is 1. The molecule has 7 heteroatoms. The predicted molar refractivity (Wildman–Crippen MR) is 64.2 cm³/mol. The fourth-order valence-corrected chi connectivity index (χ4v) is 1.93. The van der Waals surface area contributed by atoms with E-state index >= 15 is 0 Å². The van der Waals surface area contributed by atoms with Crippen LogP contribution >= 0.6 is 11.3 Å². The summed E-state index contributed by atoms with van der Waals surface area (Å²) >= 11 is 0.821. The number of aliphatic hydroxyl groups is 1. The van der Waals surface area contributed by atoms with Gasteiger partial charge in [-0.25, -0.2) is 0 Å². The summed E-state index contributed by atoms with van der Waals surface area (Å²) in [6.45, 7) is 3.59. The lowest BCUT2D eigenvalue weighted by atomic mass is 10.1. The second kappa shape index (κ2) is 5.74. The number of nitrogens with zero attached hydrogens (tertiary/aromatic N) is 1. The maximum Gasteiger partial charge on any atom is 0.324 e. The molecule has 1 rings (SSSR count). The molecule has 1 aromatic rings. The van der Waals surface area contributed by atoms with Crippen LogP contribution in [0.5, 0.6) is 0 Å². The lowest BCUT2D eigenvalue weighted by Crippen LogP contribution is -2.40.